The summed E-state index contributed by atoms with van der Waals surface area (Å²) in [5, 5.41) is 1.77. The van der Waals surface area contributed by atoms with Gasteiger partial charge in [0.1, 0.15) is 0 Å². The molecule has 0 spiro atoms. The highest BCUT2D eigenvalue weighted by Gasteiger charge is 2.40. The van der Waals surface area contributed by atoms with Gasteiger partial charge in [-0.15, -0.1) is 0 Å². The number of Topliss-reactive ketones (excluding diaryl/α,β-unsaturated/α-hetero) is 2. The highest BCUT2D eigenvalue weighted by molar-refractivity contribution is 7.87. The summed E-state index contributed by atoms with van der Waals surface area (Å²) < 4.78 is 30.3. The Morgan fingerprint density at radius 1 is 1.00 bits per heavy atom. The molecule has 26 heavy (non-hydrogen) atoms. The van der Waals surface area contributed by atoms with Crippen LogP contribution < -0.4 is 11.5 Å². The predicted molar refractivity (Wildman–Crippen MR) is 97.1 cm³/mol. The standard InChI is InChI=1S/C12H6O2.C6H10N2O3S/c13-11-8-5-1-3-7-4-2-6-9(10(7)8)12(11)14;7-5-3-1-2-4-6(5,8)12(9,10)11/h1-6H;2-4H,1,7-8H2,(H,9,10,11). The van der Waals surface area contributed by atoms with Crippen molar-refractivity contribution in [2.75, 3.05) is 0 Å². The van der Waals surface area contributed by atoms with Crippen LogP contribution in [0.25, 0.3) is 10.8 Å². The van der Waals surface area contributed by atoms with Crippen LogP contribution >= 0.6 is 0 Å². The molecule has 0 saturated heterocycles. The van der Waals surface area contributed by atoms with E-state index in [1.807, 2.05) is 12.1 Å². The molecule has 0 amide bonds. The van der Waals surface area contributed by atoms with Crippen LogP contribution in [-0.2, 0) is 10.1 Å². The number of hydrogen-bond acceptors (Lipinski definition) is 6. The van der Waals surface area contributed by atoms with Crippen LogP contribution in [0.5, 0.6) is 0 Å². The van der Waals surface area contributed by atoms with Gasteiger partial charge in [-0.25, -0.2) is 0 Å². The molecule has 7 nitrogen and oxygen atoms in total. The minimum Gasteiger partial charge on any atom is -0.400 e. The van der Waals surface area contributed by atoms with E-state index in [0.29, 0.717) is 17.5 Å². The zero-order chi connectivity index (χ0) is 19.1. The lowest BCUT2D eigenvalue weighted by molar-refractivity contribution is 0.0825. The van der Waals surface area contributed by atoms with E-state index in [4.69, 9.17) is 16.0 Å². The molecule has 1 unspecified atom stereocenters. The second-order valence-electron chi connectivity index (χ2n) is 5.93. The Balaban J connectivity index is 0.000000153. The summed E-state index contributed by atoms with van der Waals surface area (Å²) in [6, 6.07) is 10.8. The second-order valence-corrected chi connectivity index (χ2v) is 7.56. The molecule has 2 aliphatic rings. The van der Waals surface area contributed by atoms with E-state index in [1.165, 1.54) is 18.2 Å². The lowest BCUT2D eigenvalue weighted by Crippen LogP contribution is -2.50. The molecule has 0 aliphatic heterocycles. The molecule has 1 atom stereocenters. The summed E-state index contributed by atoms with van der Waals surface area (Å²) >= 11 is 0. The van der Waals surface area contributed by atoms with Crippen molar-refractivity contribution in [1.29, 1.82) is 0 Å². The highest BCUT2D eigenvalue weighted by Crippen LogP contribution is 2.30. The van der Waals surface area contributed by atoms with Crippen molar-refractivity contribution in [3.63, 3.8) is 0 Å². The molecule has 134 valence electrons. The number of carbonyl (C=O) groups is 2. The SMILES string of the molecule is NC1=CCC=CC1(N)S(=O)(=O)O.O=C1C(=O)c2cccc3cccc1c23. The van der Waals surface area contributed by atoms with Crippen LogP contribution in [-0.4, -0.2) is 29.4 Å². The van der Waals surface area contributed by atoms with E-state index in [9.17, 15) is 18.0 Å². The van der Waals surface area contributed by atoms with Gasteiger partial charge in [0.15, 0.2) is 0 Å². The molecule has 0 radical (unpaired) electrons. The Kier molecular flexibility index (Phi) is 4.27. The molecule has 2 aromatic carbocycles. The van der Waals surface area contributed by atoms with E-state index >= 15 is 0 Å². The quantitative estimate of drug-likeness (QED) is 0.392. The van der Waals surface area contributed by atoms with Gasteiger partial charge in [0.2, 0.25) is 16.4 Å². The fraction of sp³-hybridized carbons (Fsp3) is 0.111. The van der Waals surface area contributed by atoms with Crippen molar-refractivity contribution in [3.8, 4) is 0 Å². The van der Waals surface area contributed by atoms with Crippen LogP contribution in [0.3, 0.4) is 0 Å². The van der Waals surface area contributed by atoms with Crippen LogP contribution in [0.2, 0.25) is 0 Å². The molecule has 2 aromatic rings. The lowest BCUT2D eigenvalue weighted by Gasteiger charge is -2.24. The lowest BCUT2D eigenvalue weighted by atomic mass is 10.1. The first kappa shape index (κ1) is 18.0. The van der Waals surface area contributed by atoms with Crippen LogP contribution in [0.4, 0.5) is 0 Å². The largest absolute Gasteiger partial charge is 0.400 e. The summed E-state index contributed by atoms with van der Waals surface area (Å²) in [5.41, 5.74) is 11.7. The van der Waals surface area contributed by atoms with Crippen molar-refractivity contribution in [2.24, 2.45) is 11.5 Å². The van der Waals surface area contributed by atoms with Crippen LogP contribution in [0, 0.1) is 0 Å². The summed E-state index contributed by atoms with van der Waals surface area (Å²) in [7, 11) is -4.38. The third-order valence-electron chi connectivity index (χ3n) is 4.32. The Morgan fingerprint density at radius 3 is 1.96 bits per heavy atom. The van der Waals surface area contributed by atoms with E-state index in [0.717, 1.165) is 10.8 Å². The summed E-state index contributed by atoms with van der Waals surface area (Å²) in [6.07, 6.45) is 4.69. The third-order valence-corrected chi connectivity index (χ3v) is 5.54. The molecule has 2 aliphatic carbocycles. The maximum Gasteiger partial charge on any atom is 0.293 e. The number of rotatable bonds is 1. The maximum absolute atomic E-state index is 11.5. The Bertz CT molecular complexity index is 1050. The third kappa shape index (κ3) is 2.74. The molecule has 0 bridgehead atoms. The average molecular weight is 372 g/mol. The molecule has 0 aromatic heterocycles. The predicted octanol–water partition coefficient (Wildman–Crippen LogP) is 1.55. The van der Waals surface area contributed by atoms with Crippen molar-refractivity contribution in [3.05, 3.63) is 71.5 Å². The number of hydrogen-bond donors (Lipinski definition) is 3. The summed E-state index contributed by atoms with van der Waals surface area (Å²) in [5.74, 6) is -0.756. The van der Waals surface area contributed by atoms with Gasteiger partial charge in [0.05, 0.1) is 0 Å². The molecule has 5 N–H and O–H groups in total. The summed E-state index contributed by atoms with van der Waals surface area (Å²) in [4.78, 5) is 21.1. The number of carbonyl (C=O) groups excluding carboxylic acids is 2. The van der Waals surface area contributed by atoms with Crippen LogP contribution in [0.1, 0.15) is 27.1 Å². The maximum atomic E-state index is 11.5. The number of ketones is 2. The number of nitrogens with two attached hydrogens (primary N) is 2. The fourth-order valence-electron chi connectivity index (χ4n) is 2.89. The summed E-state index contributed by atoms with van der Waals surface area (Å²) in [6.45, 7) is 0. The Labute approximate surface area is 149 Å². The van der Waals surface area contributed by atoms with E-state index in [2.05, 4.69) is 0 Å². The van der Waals surface area contributed by atoms with Gasteiger partial charge in [-0.2, -0.15) is 8.42 Å². The van der Waals surface area contributed by atoms with Gasteiger partial charge in [-0.1, -0.05) is 48.6 Å². The second kappa shape index (κ2) is 6.17. The zero-order valence-electron chi connectivity index (χ0n) is 13.5. The van der Waals surface area contributed by atoms with Gasteiger partial charge in [-0.05, 0) is 17.9 Å². The minimum absolute atomic E-state index is 0.0486. The van der Waals surface area contributed by atoms with E-state index < -0.39 is 15.0 Å². The van der Waals surface area contributed by atoms with Crippen molar-refractivity contribution < 1.29 is 22.6 Å². The minimum atomic E-state index is -4.38. The molecule has 0 saturated carbocycles. The van der Waals surface area contributed by atoms with Crippen molar-refractivity contribution in [2.45, 2.75) is 11.3 Å². The fourth-order valence-corrected chi connectivity index (χ4v) is 3.54. The van der Waals surface area contributed by atoms with Gasteiger partial charge in [0.25, 0.3) is 10.1 Å². The monoisotopic (exact) mass is 372 g/mol. The van der Waals surface area contributed by atoms with Gasteiger partial charge >= 0.3 is 0 Å². The molecule has 0 heterocycles. The Morgan fingerprint density at radius 2 is 1.54 bits per heavy atom. The Hall–Kier alpha value is -2.81. The number of benzene rings is 2. The van der Waals surface area contributed by atoms with Crippen LogP contribution in [0.15, 0.2) is 60.3 Å². The first-order valence-electron chi connectivity index (χ1n) is 7.67. The highest BCUT2D eigenvalue weighted by atomic mass is 32.2. The topological polar surface area (TPSA) is 141 Å². The van der Waals surface area contributed by atoms with E-state index in [-0.39, 0.29) is 17.3 Å². The van der Waals surface area contributed by atoms with Gasteiger partial charge in [0, 0.05) is 22.2 Å². The van der Waals surface area contributed by atoms with Gasteiger partial charge < -0.3 is 11.5 Å². The van der Waals surface area contributed by atoms with Crippen molar-refractivity contribution in [1.82, 2.24) is 0 Å². The molecule has 0 fully saturated rings. The first-order chi connectivity index (χ1) is 12.2. The molecule has 4 rings (SSSR count). The molecular formula is C18H16N2O5S. The normalized spacial score (nSPS) is 21.4. The first-order valence-corrected chi connectivity index (χ1v) is 9.11. The zero-order valence-corrected chi connectivity index (χ0v) is 14.4. The number of allylic oxidation sites excluding steroid dienone is 2. The molecular weight excluding hydrogens is 356 g/mol. The average Bonchev–Trinajstić information content (AvgIpc) is 2.85. The van der Waals surface area contributed by atoms with Gasteiger partial charge in [-0.3, -0.25) is 14.1 Å². The smallest absolute Gasteiger partial charge is 0.293 e. The molecule has 8 heteroatoms. The van der Waals surface area contributed by atoms with E-state index in [1.54, 1.807) is 24.3 Å². The van der Waals surface area contributed by atoms with Crippen molar-refractivity contribution >= 4 is 32.5 Å².